The highest BCUT2D eigenvalue weighted by molar-refractivity contribution is 9.10. The first kappa shape index (κ1) is 11.5. The Balaban J connectivity index is 2.85. The van der Waals surface area contributed by atoms with E-state index in [2.05, 4.69) is 15.9 Å². The second kappa shape index (κ2) is 4.77. The average Bonchev–Trinajstić information content (AvgIpc) is 2.08. The van der Waals surface area contributed by atoms with E-state index in [-0.39, 0.29) is 6.42 Å². The van der Waals surface area contributed by atoms with Crippen LogP contribution in [0.4, 0.5) is 0 Å². The third-order valence-corrected chi connectivity index (χ3v) is 2.93. The molecule has 0 fully saturated rings. The summed E-state index contributed by atoms with van der Waals surface area (Å²) in [6.07, 6.45) is -1.34. The van der Waals surface area contributed by atoms with Crippen LogP contribution in [0.2, 0.25) is 5.02 Å². The highest BCUT2D eigenvalue weighted by Gasteiger charge is 2.12. The van der Waals surface area contributed by atoms with Gasteiger partial charge in [0.25, 0.3) is 0 Å². The van der Waals surface area contributed by atoms with E-state index in [1.165, 1.54) is 0 Å². The van der Waals surface area contributed by atoms with Crippen LogP contribution < -0.4 is 0 Å². The van der Waals surface area contributed by atoms with Gasteiger partial charge in [0.05, 0.1) is 17.5 Å². The summed E-state index contributed by atoms with van der Waals surface area (Å²) in [6, 6.07) is 4.84. The molecule has 0 amide bonds. The summed E-state index contributed by atoms with van der Waals surface area (Å²) in [5, 5.41) is 18.4. The molecule has 5 heteroatoms. The Bertz CT molecular complexity index is 354. The highest BCUT2D eigenvalue weighted by Crippen LogP contribution is 2.27. The molecular formula is C9H8BrClO3. The first-order chi connectivity index (χ1) is 6.50. The van der Waals surface area contributed by atoms with E-state index >= 15 is 0 Å². The zero-order valence-electron chi connectivity index (χ0n) is 7.08. The number of hydrogen-bond donors (Lipinski definition) is 2. The minimum atomic E-state index is -1.04. The molecule has 3 nitrogen and oxygen atoms in total. The Morgan fingerprint density at radius 1 is 1.57 bits per heavy atom. The molecule has 1 aromatic rings. The molecule has 2 N–H and O–H groups in total. The van der Waals surface area contributed by atoms with Crippen molar-refractivity contribution in [2.45, 2.75) is 12.5 Å². The second-order valence-corrected chi connectivity index (χ2v) is 4.05. The maximum atomic E-state index is 10.3. The molecule has 0 saturated carbocycles. The molecule has 0 aliphatic heterocycles. The average molecular weight is 280 g/mol. The van der Waals surface area contributed by atoms with Gasteiger partial charge in [-0.05, 0) is 33.6 Å². The number of carboxylic acids is 1. The number of aliphatic hydroxyl groups is 1. The van der Waals surface area contributed by atoms with Crippen molar-refractivity contribution in [3.8, 4) is 0 Å². The summed E-state index contributed by atoms with van der Waals surface area (Å²) in [4.78, 5) is 10.3. The molecule has 1 atom stereocenters. The monoisotopic (exact) mass is 278 g/mol. The maximum absolute atomic E-state index is 10.3. The Morgan fingerprint density at radius 2 is 2.21 bits per heavy atom. The predicted molar refractivity (Wildman–Crippen MR) is 56.4 cm³/mol. The molecule has 0 saturated heterocycles. The predicted octanol–water partition coefficient (Wildman–Crippen LogP) is 2.61. The Kier molecular flexibility index (Phi) is 3.92. The summed E-state index contributed by atoms with van der Waals surface area (Å²) < 4.78 is 0.713. The van der Waals surface area contributed by atoms with Crippen molar-refractivity contribution in [1.82, 2.24) is 0 Å². The van der Waals surface area contributed by atoms with Crippen molar-refractivity contribution in [3.05, 3.63) is 33.3 Å². The molecule has 0 spiro atoms. The number of halogens is 2. The van der Waals surface area contributed by atoms with E-state index in [0.29, 0.717) is 15.1 Å². The fraction of sp³-hybridized carbons (Fsp3) is 0.222. The van der Waals surface area contributed by atoms with Crippen LogP contribution in [-0.4, -0.2) is 16.2 Å². The van der Waals surface area contributed by atoms with E-state index in [1.54, 1.807) is 18.2 Å². The van der Waals surface area contributed by atoms with Gasteiger partial charge >= 0.3 is 5.97 Å². The molecule has 76 valence electrons. The molecule has 0 bridgehead atoms. The lowest BCUT2D eigenvalue weighted by Crippen LogP contribution is -2.05. The van der Waals surface area contributed by atoms with Crippen molar-refractivity contribution in [3.63, 3.8) is 0 Å². The first-order valence-corrected chi connectivity index (χ1v) is 5.02. The fourth-order valence-electron chi connectivity index (χ4n) is 1.00. The molecule has 0 aliphatic rings. The smallest absolute Gasteiger partial charge is 0.306 e. The van der Waals surface area contributed by atoms with Crippen molar-refractivity contribution in [2.24, 2.45) is 0 Å². The van der Waals surface area contributed by atoms with Crippen LogP contribution in [0.15, 0.2) is 22.7 Å². The van der Waals surface area contributed by atoms with E-state index in [1.807, 2.05) is 0 Å². The first-order valence-electron chi connectivity index (χ1n) is 3.85. The third-order valence-electron chi connectivity index (χ3n) is 1.70. The van der Waals surface area contributed by atoms with Gasteiger partial charge in [0.2, 0.25) is 0 Å². The van der Waals surface area contributed by atoms with Crippen molar-refractivity contribution in [1.29, 1.82) is 0 Å². The van der Waals surface area contributed by atoms with Gasteiger partial charge in [0.1, 0.15) is 0 Å². The fourth-order valence-corrected chi connectivity index (χ4v) is 1.44. The summed E-state index contributed by atoms with van der Waals surface area (Å²) in [5.74, 6) is -1.04. The van der Waals surface area contributed by atoms with Crippen LogP contribution in [-0.2, 0) is 4.79 Å². The number of rotatable bonds is 3. The van der Waals surface area contributed by atoms with Crippen LogP contribution in [0.1, 0.15) is 18.1 Å². The largest absolute Gasteiger partial charge is 0.481 e. The normalized spacial score (nSPS) is 12.5. The molecule has 14 heavy (non-hydrogen) atoms. The van der Waals surface area contributed by atoms with Gasteiger partial charge < -0.3 is 10.2 Å². The van der Waals surface area contributed by atoms with Crippen LogP contribution in [0.3, 0.4) is 0 Å². The van der Waals surface area contributed by atoms with Crippen molar-refractivity contribution < 1.29 is 15.0 Å². The lowest BCUT2D eigenvalue weighted by molar-refractivity contribution is -0.139. The summed E-state index contributed by atoms with van der Waals surface area (Å²) in [6.45, 7) is 0. The Hall–Kier alpha value is -0.580. The maximum Gasteiger partial charge on any atom is 0.306 e. The summed E-state index contributed by atoms with van der Waals surface area (Å²) in [7, 11) is 0. The van der Waals surface area contributed by atoms with Gasteiger partial charge in [-0.3, -0.25) is 4.79 Å². The van der Waals surface area contributed by atoms with Gasteiger partial charge in [-0.2, -0.15) is 0 Å². The number of aliphatic carboxylic acids is 1. The van der Waals surface area contributed by atoms with E-state index in [0.717, 1.165) is 0 Å². The van der Waals surface area contributed by atoms with Crippen molar-refractivity contribution >= 4 is 33.5 Å². The van der Waals surface area contributed by atoms with Gasteiger partial charge in [0, 0.05) is 4.47 Å². The molecule has 0 aromatic heterocycles. The molecule has 1 rings (SSSR count). The van der Waals surface area contributed by atoms with E-state index in [9.17, 15) is 9.90 Å². The molecule has 0 aliphatic carbocycles. The lowest BCUT2D eigenvalue weighted by atomic mass is 10.1. The molecular weight excluding hydrogens is 271 g/mol. The van der Waals surface area contributed by atoms with Gasteiger partial charge in [-0.1, -0.05) is 17.7 Å². The minimum absolute atomic E-state index is 0.321. The van der Waals surface area contributed by atoms with Gasteiger partial charge in [0.15, 0.2) is 0 Å². The summed E-state index contributed by atoms with van der Waals surface area (Å²) >= 11 is 8.99. The Labute approximate surface area is 94.4 Å². The number of carboxylic acid groups (broad SMARTS) is 1. The quantitative estimate of drug-likeness (QED) is 0.894. The van der Waals surface area contributed by atoms with Crippen LogP contribution in [0, 0.1) is 0 Å². The molecule has 0 unspecified atom stereocenters. The third kappa shape index (κ3) is 2.97. The highest BCUT2D eigenvalue weighted by atomic mass is 79.9. The van der Waals surface area contributed by atoms with Crippen LogP contribution in [0.25, 0.3) is 0 Å². The minimum Gasteiger partial charge on any atom is -0.481 e. The molecule has 0 radical (unpaired) electrons. The number of benzene rings is 1. The standard InChI is InChI=1S/C9H8BrClO3/c10-6-2-1-5(3-7(6)11)8(12)4-9(13)14/h1-3,8,12H,4H2,(H,13,14)/t8-/m1/s1. The number of aliphatic hydroxyl groups excluding tert-OH is 1. The summed E-state index contributed by atoms with van der Waals surface area (Å²) in [5.41, 5.74) is 0.501. The number of hydrogen-bond acceptors (Lipinski definition) is 2. The second-order valence-electron chi connectivity index (χ2n) is 2.79. The van der Waals surface area contributed by atoms with Gasteiger partial charge in [-0.15, -0.1) is 0 Å². The molecule has 0 heterocycles. The van der Waals surface area contributed by atoms with Gasteiger partial charge in [-0.25, -0.2) is 0 Å². The topological polar surface area (TPSA) is 57.5 Å². The number of carbonyl (C=O) groups is 1. The zero-order valence-corrected chi connectivity index (χ0v) is 9.42. The van der Waals surface area contributed by atoms with E-state index in [4.69, 9.17) is 16.7 Å². The molecule has 1 aromatic carbocycles. The lowest BCUT2D eigenvalue weighted by Gasteiger charge is -2.08. The zero-order chi connectivity index (χ0) is 10.7. The van der Waals surface area contributed by atoms with Crippen LogP contribution in [0.5, 0.6) is 0 Å². The van der Waals surface area contributed by atoms with Crippen molar-refractivity contribution in [2.75, 3.05) is 0 Å². The SMILES string of the molecule is O=C(O)C[C@@H](O)c1ccc(Br)c(Cl)c1. The van der Waals surface area contributed by atoms with Crippen LogP contribution >= 0.6 is 27.5 Å². The Morgan fingerprint density at radius 3 is 2.71 bits per heavy atom. The van der Waals surface area contributed by atoms with E-state index < -0.39 is 12.1 Å².